The largest absolute Gasteiger partial charge is 0.361 e. The standard InChI is InChI=1S/C18H20N4OS.C12H10N4OS/c23-16(11-13-7-4-8-15-14(13)9-10-19-15)20-18-22-21-17(24-18)12-5-2-1-3-6-12;17-11(15-12-16-14-7-18-12)6-8-2-1-3-10-9(8)4-5-13-10/h4,7-10,12,19H,1-3,5-6,11H2,(H,20,22,23);1-5,7,13H,6H2,(H,15,16,17). The highest BCUT2D eigenvalue weighted by Gasteiger charge is 2.20. The number of rotatable bonds is 7. The number of nitrogens with one attached hydrogen (secondary N) is 4. The van der Waals surface area contributed by atoms with Crippen LogP contribution in [0.3, 0.4) is 0 Å². The van der Waals surface area contributed by atoms with Crippen molar-refractivity contribution >= 4 is 66.6 Å². The highest BCUT2D eigenvalue weighted by Crippen LogP contribution is 2.35. The number of amides is 2. The van der Waals surface area contributed by atoms with Gasteiger partial charge in [0.25, 0.3) is 0 Å². The Hall–Kier alpha value is -4.42. The molecular formula is C30H30N8O2S2. The van der Waals surface area contributed by atoms with Crippen molar-refractivity contribution in [1.82, 2.24) is 30.4 Å². The van der Waals surface area contributed by atoms with Gasteiger partial charge in [-0.2, -0.15) is 0 Å². The molecule has 1 saturated carbocycles. The zero-order valence-electron chi connectivity index (χ0n) is 22.8. The van der Waals surface area contributed by atoms with E-state index in [4.69, 9.17) is 0 Å². The van der Waals surface area contributed by atoms with Crippen LogP contribution >= 0.6 is 22.7 Å². The van der Waals surface area contributed by atoms with Crippen molar-refractivity contribution in [3.8, 4) is 0 Å². The van der Waals surface area contributed by atoms with Crippen molar-refractivity contribution < 1.29 is 9.59 Å². The van der Waals surface area contributed by atoms with E-state index in [9.17, 15) is 9.59 Å². The third kappa shape index (κ3) is 6.72. The molecule has 7 rings (SSSR count). The Labute approximate surface area is 250 Å². The number of H-pyrrole nitrogens is 2. The van der Waals surface area contributed by atoms with Crippen LogP contribution in [0.25, 0.3) is 21.8 Å². The molecule has 4 aromatic heterocycles. The van der Waals surface area contributed by atoms with Gasteiger partial charge in [-0.3, -0.25) is 9.59 Å². The van der Waals surface area contributed by atoms with Crippen LogP contribution in [0, 0.1) is 0 Å². The molecule has 42 heavy (non-hydrogen) atoms. The lowest BCUT2D eigenvalue weighted by Gasteiger charge is -2.18. The van der Waals surface area contributed by atoms with E-state index in [2.05, 4.69) is 41.0 Å². The zero-order chi connectivity index (χ0) is 28.7. The van der Waals surface area contributed by atoms with Gasteiger partial charge in [0.15, 0.2) is 0 Å². The maximum absolute atomic E-state index is 12.4. The summed E-state index contributed by atoms with van der Waals surface area (Å²) in [5.41, 5.74) is 5.69. The second-order valence-electron chi connectivity index (χ2n) is 10.2. The van der Waals surface area contributed by atoms with E-state index < -0.39 is 0 Å². The Balaban J connectivity index is 0.000000157. The number of hydrogen-bond donors (Lipinski definition) is 4. The first-order chi connectivity index (χ1) is 20.6. The molecule has 12 heteroatoms. The summed E-state index contributed by atoms with van der Waals surface area (Å²) in [4.78, 5) is 30.5. The fourth-order valence-electron chi connectivity index (χ4n) is 5.31. The Bertz CT molecular complexity index is 1780. The first kappa shape index (κ1) is 27.7. The van der Waals surface area contributed by atoms with Crippen molar-refractivity contribution in [2.75, 3.05) is 10.6 Å². The van der Waals surface area contributed by atoms with Gasteiger partial charge in [-0.1, -0.05) is 66.2 Å². The maximum atomic E-state index is 12.4. The predicted octanol–water partition coefficient (Wildman–Crippen LogP) is 6.45. The van der Waals surface area contributed by atoms with E-state index in [1.54, 1.807) is 5.51 Å². The summed E-state index contributed by atoms with van der Waals surface area (Å²) < 4.78 is 0. The highest BCUT2D eigenvalue weighted by molar-refractivity contribution is 7.15. The summed E-state index contributed by atoms with van der Waals surface area (Å²) in [7, 11) is 0. The molecule has 0 atom stereocenters. The van der Waals surface area contributed by atoms with Gasteiger partial charge in [0, 0.05) is 40.1 Å². The van der Waals surface area contributed by atoms with Crippen molar-refractivity contribution in [1.29, 1.82) is 0 Å². The first-order valence-electron chi connectivity index (χ1n) is 13.9. The van der Waals surface area contributed by atoms with Gasteiger partial charge in [-0.25, -0.2) is 0 Å². The van der Waals surface area contributed by atoms with Gasteiger partial charge in [0.05, 0.1) is 12.8 Å². The number of aromatic amines is 2. The summed E-state index contributed by atoms with van der Waals surface area (Å²) in [5, 5.41) is 25.9. The fraction of sp³-hybridized carbons (Fsp3) is 0.267. The minimum atomic E-state index is -0.0829. The fourth-order valence-corrected chi connectivity index (χ4v) is 6.70. The van der Waals surface area contributed by atoms with Crippen LogP contribution in [0.1, 0.15) is 54.2 Å². The summed E-state index contributed by atoms with van der Waals surface area (Å²) >= 11 is 2.83. The number of carbonyl (C=O) groups excluding carboxylic acids is 2. The van der Waals surface area contributed by atoms with Gasteiger partial charge in [0.1, 0.15) is 10.5 Å². The zero-order valence-corrected chi connectivity index (χ0v) is 24.4. The SMILES string of the molecule is O=C(Cc1cccc2[nH]ccc12)Nc1nnc(C2CCCCC2)s1.O=C(Cc1cccc2[nH]ccc12)Nc1nncs1. The third-order valence-corrected chi connectivity index (χ3v) is 8.93. The molecule has 1 fully saturated rings. The quantitative estimate of drug-likeness (QED) is 0.166. The second kappa shape index (κ2) is 13.0. The lowest BCUT2D eigenvalue weighted by Crippen LogP contribution is -2.14. The molecule has 1 aliphatic carbocycles. The molecule has 0 radical (unpaired) electrons. The molecule has 10 nitrogen and oxygen atoms in total. The molecule has 2 aromatic carbocycles. The number of nitrogens with zero attached hydrogens (tertiary/aromatic N) is 4. The van der Waals surface area contributed by atoms with Crippen molar-refractivity contribution in [3.63, 3.8) is 0 Å². The normalized spacial score (nSPS) is 13.5. The molecule has 214 valence electrons. The Morgan fingerprint density at radius 1 is 0.762 bits per heavy atom. The summed E-state index contributed by atoms with van der Waals surface area (Å²) in [6.07, 6.45) is 10.7. The van der Waals surface area contributed by atoms with E-state index in [-0.39, 0.29) is 11.8 Å². The molecule has 0 unspecified atom stereocenters. The summed E-state index contributed by atoms with van der Waals surface area (Å²) in [5.74, 6) is 0.394. The van der Waals surface area contributed by atoms with Crippen LogP contribution < -0.4 is 10.6 Å². The van der Waals surface area contributed by atoms with Gasteiger partial charge in [-0.15, -0.1) is 20.4 Å². The minimum Gasteiger partial charge on any atom is -0.361 e. The highest BCUT2D eigenvalue weighted by atomic mass is 32.1. The van der Waals surface area contributed by atoms with Crippen LogP contribution in [-0.2, 0) is 22.4 Å². The van der Waals surface area contributed by atoms with Crippen LogP contribution in [-0.4, -0.2) is 42.2 Å². The van der Waals surface area contributed by atoms with Crippen LogP contribution in [0.4, 0.5) is 10.3 Å². The summed E-state index contributed by atoms with van der Waals surface area (Å²) in [6, 6.07) is 15.8. The number of fused-ring (bicyclic) bond motifs is 2. The molecular weight excluding hydrogens is 569 g/mol. The monoisotopic (exact) mass is 598 g/mol. The van der Waals surface area contributed by atoms with Crippen LogP contribution in [0.5, 0.6) is 0 Å². The lowest BCUT2D eigenvalue weighted by atomic mass is 9.90. The number of carbonyl (C=O) groups is 2. The average Bonchev–Trinajstić information content (AvgIpc) is 3.82. The van der Waals surface area contributed by atoms with Gasteiger partial charge < -0.3 is 20.6 Å². The average molecular weight is 599 g/mol. The van der Waals surface area contributed by atoms with E-state index in [1.165, 1.54) is 54.8 Å². The van der Waals surface area contributed by atoms with Crippen LogP contribution in [0.15, 0.2) is 66.4 Å². The first-order valence-corrected chi connectivity index (χ1v) is 15.6. The Kier molecular flexibility index (Phi) is 8.61. The molecule has 6 aromatic rings. The van der Waals surface area contributed by atoms with Crippen molar-refractivity contribution in [2.24, 2.45) is 0 Å². The third-order valence-electron chi connectivity index (χ3n) is 7.32. The number of aromatic nitrogens is 6. The van der Waals surface area contributed by atoms with E-state index in [1.807, 2.05) is 60.9 Å². The van der Waals surface area contributed by atoms with Crippen LogP contribution in [0.2, 0.25) is 0 Å². The lowest BCUT2D eigenvalue weighted by molar-refractivity contribution is -0.116. The van der Waals surface area contributed by atoms with E-state index >= 15 is 0 Å². The smallest absolute Gasteiger partial charge is 0.230 e. The van der Waals surface area contributed by atoms with E-state index in [0.717, 1.165) is 37.9 Å². The molecule has 1 aliphatic rings. The molecule has 0 spiro atoms. The van der Waals surface area contributed by atoms with Crippen molar-refractivity contribution in [2.45, 2.75) is 50.9 Å². The molecule has 2 amide bonds. The van der Waals surface area contributed by atoms with Crippen molar-refractivity contribution in [3.05, 3.63) is 82.6 Å². The van der Waals surface area contributed by atoms with E-state index in [0.29, 0.717) is 29.0 Å². The van der Waals surface area contributed by atoms with Gasteiger partial charge >= 0.3 is 0 Å². The maximum Gasteiger partial charge on any atom is 0.230 e. The Morgan fingerprint density at radius 3 is 1.98 bits per heavy atom. The predicted molar refractivity (Wildman–Crippen MR) is 167 cm³/mol. The summed E-state index contributed by atoms with van der Waals surface area (Å²) in [6.45, 7) is 0. The number of benzene rings is 2. The second-order valence-corrected chi connectivity index (χ2v) is 12.0. The van der Waals surface area contributed by atoms with Gasteiger partial charge in [-0.05, 0) is 48.2 Å². The molecule has 0 bridgehead atoms. The van der Waals surface area contributed by atoms with Gasteiger partial charge in [0.2, 0.25) is 22.1 Å². The molecule has 4 N–H and O–H groups in total. The number of anilines is 2. The topological polar surface area (TPSA) is 141 Å². The molecule has 4 heterocycles. The number of hydrogen-bond acceptors (Lipinski definition) is 8. The molecule has 0 aliphatic heterocycles. The molecule has 0 saturated heterocycles. The Morgan fingerprint density at radius 2 is 1.38 bits per heavy atom. The minimum absolute atomic E-state index is 0.0463.